The molecule has 2 heterocycles. The highest BCUT2D eigenvalue weighted by atomic mass is 32.2. The van der Waals surface area contributed by atoms with E-state index in [9.17, 15) is 0 Å². The summed E-state index contributed by atoms with van der Waals surface area (Å²) in [6, 6.07) is 0. The zero-order valence-electron chi connectivity index (χ0n) is 7.00. The van der Waals surface area contributed by atoms with E-state index in [2.05, 4.69) is 9.98 Å². The zero-order chi connectivity index (χ0) is 8.93. The monoisotopic (exact) mass is 218 g/mol. The molecule has 0 spiro atoms. The van der Waals surface area contributed by atoms with E-state index in [1.807, 2.05) is 8.61 Å². The van der Waals surface area contributed by atoms with Gasteiger partial charge in [0.1, 0.15) is 24.5 Å². The van der Waals surface area contributed by atoms with E-state index in [1.165, 1.54) is 24.5 Å². The number of aliphatic imine (C=N–C) groups is 2. The Labute approximate surface area is 85.9 Å². The van der Waals surface area contributed by atoms with Crippen molar-refractivity contribution in [2.45, 2.75) is 0 Å². The molecule has 2 aliphatic rings. The lowest BCUT2D eigenvalue weighted by Crippen LogP contribution is -2.13. The minimum Gasteiger partial charge on any atom is -0.281 e. The van der Waals surface area contributed by atoms with Gasteiger partial charge in [-0.3, -0.25) is 18.6 Å². The van der Waals surface area contributed by atoms with Crippen LogP contribution in [-0.4, -0.2) is 47.5 Å². The lowest BCUT2D eigenvalue weighted by atomic mass is 10.7. The molecule has 5 nitrogen and oxygen atoms in total. The van der Waals surface area contributed by atoms with E-state index in [4.69, 9.17) is 3.63 Å². The first-order valence-electron chi connectivity index (χ1n) is 4.00. The summed E-state index contributed by atoms with van der Waals surface area (Å²) in [6.45, 7) is 3.59. The smallest absolute Gasteiger partial charge is 0.130 e. The summed E-state index contributed by atoms with van der Waals surface area (Å²) in [5.74, 6) is 0. The predicted molar refractivity (Wildman–Crippen MR) is 56.4 cm³/mol. The second kappa shape index (κ2) is 4.73. The van der Waals surface area contributed by atoms with Gasteiger partial charge in [-0.15, -0.1) is 0 Å². The Kier molecular flexibility index (Phi) is 3.34. The van der Waals surface area contributed by atoms with Gasteiger partial charge in [0.05, 0.1) is 38.9 Å². The molecule has 0 radical (unpaired) electrons. The minimum atomic E-state index is 0.867. The van der Waals surface area contributed by atoms with Crippen molar-refractivity contribution in [1.29, 1.82) is 0 Å². The highest BCUT2D eigenvalue weighted by molar-refractivity contribution is 8.06. The van der Waals surface area contributed by atoms with Gasteiger partial charge >= 0.3 is 0 Å². The van der Waals surface area contributed by atoms with Crippen LogP contribution in [0.2, 0.25) is 0 Å². The van der Waals surface area contributed by atoms with Crippen LogP contribution in [0.5, 0.6) is 0 Å². The molecule has 72 valence electrons. The molecule has 0 aliphatic carbocycles. The van der Waals surface area contributed by atoms with E-state index in [0.29, 0.717) is 0 Å². The number of rotatable bonds is 4. The van der Waals surface area contributed by atoms with Crippen LogP contribution in [0, 0.1) is 0 Å². The maximum Gasteiger partial charge on any atom is 0.130 e. The number of nitrogens with zero attached hydrogens (tertiary/aromatic N) is 4. The summed E-state index contributed by atoms with van der Waals surface area (Å²) in [6.07, 6.45) is 3.59. The fourth-order valence-corrected chi connectivity index (χ4v) is 2.19. The first-order valence-corrected chi connectivity index (χ1v) is 5.39. The van der Waals surface area contributed by atoms with Crippen molar-refractivity contribution in [3.63, 3.8) is 0 Å². The Balaban J connectivity index is 1.57. The standard InChI is InChI=1S/C6H10N4OS2/c1-3-9(5-7-1)12-11-13-10-4-2-8-6-10/h5-6H,1-4H2. The Hall–Kier alpha value is -0.400. The van der Waals surface area contributed by atoms with Crippen molar-refractivity contribution < 1.29 is 3.63 Å². The van der Waals surface area contributed by atoms with Gasteiger partial charge in [0.25, 0.3) is 0 Å². The third-order valence-electron chi connectivity index (χ3n) is 1.57. The fourth-order valence-electron chi connectivity index (χ4n) is 0.930. The SMILES string of the molecule is C1=NCCN1SOSN1C=NCC1. The Bertz CT molecular complexity index is 201. The zero-order valence-corrected chi connectivity index (χ0v) is 8.63. The van der Waals surface area contributed by atoms with Crippen LogP contribution >= 0.6 is 24.5 Å². The van der Waals surface area contributed by atoms with Crippen LogP contribution in [0.1, 0.15) is 0 Å². The molecule has 2 aliphatic heterocycles. The molecule has 0 bridgehead atoms. The van der Waals surface area contributed by atoms with Crippen LogP contribution in [0.4, 0.5) is 0 Å². The van der Waals surface area contributed by atoms with E-state index in [-0.39, 0.29) is 0 Å². The summed E-state index contributed by atoms with van der Waals surface area (Å²) >= 11 is 2.63. The van der Waals surface area contributed by atoms with Crippen molar-refractivity contribution in [2.75, 3.05) is 26.2 Å². The highest BCUT2D eigenvalue weighted by Gasteiger charge is 2.10. The molecule has 7 heteroatoms. The molecule has 0 N–H and O–H groups in total. The van der Waals surface area contributed by atoms with Gasteiger partial charge in [-0.05, 0) is 0 Å². The molecule has 0 aromatic carbocycles. The lowest BCUT2D eigenvalue weighted by molar-refractivity contribution is 0.622. The van der Waals surface area contributed by atoms with Gasteiger partial charge in [-0.2, -0.15) is 0 Å². The maximum absolute atomic E-state index is 5.30. The molecule has 0 aromatic rings. The third kappa shape index (κ3) is 2.78. The predicted octanol–water partition coefficient (Wildman–Crippen LogP) is 0.817. The maximum atomic E-state index is 5.30. The van der Waals surface area contributed by atoms with Gasteiger partial charge in [-0.25, -0.2) is 3.63 Å². The van der Waals surface area contributed by atoms with Crippen LogP contribution in [0.15, 0.2) is 9.98 Å². The van der Waals surface area contributed by atoms with Gasteiger partial charge in [0.15, 0.2) is 0 Å². The molecule has 0 saturated carbocycles. The second-order valence-corrected chi connectivity index (χ2v) is 4.32. The van der Waals surface area contributed by atoms with Crippen molar-refractivity contribution >= 4 is 37.1 Å². The van der Waals surface area contributed by atoms with Crippen LogP contribution in [-0.2, 0) is 3.63 Å². The molecule has 2 rings (SSSR count). The number of hydrogen-bond acceptors (Lipinski definition) is 7. The summed E-state index contributed by atoms with van der Waals surface area (Å²) in [4.78, 5) is 8.13. The van der Waals surface area contributed by atoms with Gasteiger partial charge in [0, 0.05) is 0 Å². The molecule has 0 saturated heterocycles. The molecule has 0 fully saturated rings. The van der Waals surface area contributed by atoms with Gasteiger partial charge in [-0.1, -0.05) is 0 Å². The topological polar surface area (TPSA) is 40.4 Å². The Morgan fingerprint density at radius 1 is 1.00 bits per heavy atom. The highest BCUT2D eigenvalue weighted by Crippen LogP contribution is 2.22. The van der Waals surface area contributed by atoms with Gasteiger partial charge in [0.2, 0.25) is 0 Å². The molecule has 13 heavy (non-hydrogen) atoms. The first kappa shape index (κ1) is 9.17. The molecular weight excluding hydrogens is 208 g/mol. The van der Waals surface area contributed by atoms with E-state index < -0.39 is 0 Å². The normalized spacial score (nSPS) is 20.6. The molecule has 0 amide bonds. The quantitative estimate of drug-likeness (QED) is 0.516. The Morgan fingerprint density at radius 3 is 1.92 bits per heavy atom. The van der Waals surface area contributed by atoms with E-state index in [0.717, 1.165) is 26.2 Å². The summed E-state index contributed by atoms with van der Waals surface area (Å²) in [5, 5.41) is 0. The number of hydrogen-bond donors (Lipinski definition) is 0. The lowest BCUT2D eigenvalue weighted by Gasteiger charge is -2.13. The second-order valence-electron chi connectivity index (χ2n) is 2.54. The summed E-state index contributed by atoms with van der Waals surface area (Å²) < 4.78 is 9.22. The van der Waals surface area contributed by atoms with Gasteiger partial charge < -0.3 is 0 Å². The van der Waals surface area contributed by atoms with E-state index >= 15 is 0 Å². The van der Waals surface area contributed by atoms with Crippen LogP contribution in [0.3, 0.4) is 0 Å². The molecule has 0 atom stereocenters. The Morgan fingerprint density at radius 2 is 1.54 bits per heavy atom. The van der Waals surface area contributed by atoms with Crippen LogP contribution in [0.25, 0.3) is 0 Å². The molecular formula is C6H10N4OS2. The van der Waals surface area contributed by atoms with Crippen molar-refractivity contribution in [1.82, 2.24) is 8.61 Å². The third-order valence-corrected chi connectivity index (χ3v) is 3.00. The average molecular weight is 218 g/mol. The van der Waals surface area contributed by atoms with Crippen molar-refractivity contribution in [2.24, 2.45) is 9.98 Å². The van der Waals surface area contributed by atoms with Crippen molar-refractivity contribution in [3.05, 3.63) is 0 Å². The molecule has 0 unspecified atom stereocenters. The van der Waals surface area contributed by atoms with E-state index in [1.54, 1.807) is 12.7 Å². The fraction of sp³-hybridized carbons (Fsp3) is 0.667. The summed E-state index contributed by atoms with van der Waals surface area (Å²) in [5.41, 5.74) is 0. The minimum absolute atomic E-state index is 0.867. The van der Waals surface area contributed by atoms with Crippen molar-refractivity contribution in [3.8, 4) is 0 Å². The van der Waals surface area contributed by atoms with Crippen LogP contribution < -0.4 is 0 Å². The summed E-state index contributed by atoms with van der Waals surface area (Å²) in [7, 11) is 0. The first-order chi connectivity index (χ1) is 6.45. The average Bonchev–Trinajstić information content (AvgIpc) is 2.75. The largest absolute Gasteiger partial charge is 0.281 e. The molecule has 0 aromatic heterocycles.